The number of halogens is 1. The SMILES string of the molecule is C=C(NC(C)=C(I)C(N)=NC(C)C)SC. The molecule has 0 aliphatic carbocycles. The van der Waals surface area contributed by atoms with E-state index in [-0.39, 0.29) is 6.04 Å². The van der Waals surface area contributed by atoms with Gasteiger partial charge in [0.25, 0.3) is 0 Å². The Bertz CT molecular complexity index is 295. The van der Waals surface area contributed by atoms with E-state index in [4.69, 9.17) is 5.73 Å². The fourth-order valence-corrected chi connectivity index (χ4v) is 1.37. The van der Waals surface area contributed by atoms with Gasteiger partial charge in [-0.15, -0.1) is 11.8 Å². The first kappa shape index (κ1) is 14.8. The summed E-state index contributed by atoms with van der Waals surface area (Å²) in [6.45, 7) is 9.81. The Morgan fingerprint density at radius 2 is 2.07 bits per heavy atom. The van der Waals surface area contributed by atoms with E-state index in [0.29, 0.717) is 5.84 Å². The smallest absolute Gasteiger partial charge is 0.133 e. The summed E-state index contributed by atoms with van der Waals surface area (Å²) < 4.78 is 0.941. The van der Waals surface area contributed by atoms with Crippen LogP contribution in [-0.4, -0.2) is 18.1 Å². The van der Waals surface area contributed by atoms with Crippen molar-refractivity contribution < 1.29 is 0 Å². The first-order chi connectivity index (χ1) is 6.88. The van der Waals surface area contributed by atoms with Crippen LogP contribution in [0.15, 0.2) is 25.9 Å². The van der Waals surface area contributed by atoms with Gasteiger partial charge in [-0.1, -0.05) is 6.58 Å². The maximum Gasteiger partial charge on any atom is 0.133 e. The molecule has 0 spiro atoms. The molecule has 0 aliphatic heterocycles. The highest BCUT2D eigenvalue weighted by molar-refractivity contribution is 14.1. The molecular formula is C10H18IN3S. The summed E-state index contributed by atoms with van der Waals surface area (Å²) in [6, 6.07) is 0.214. The lowest BCUT2D eigenvalue weighted by Gasteiger charge is -2.10. The summed E-state index contributed by atoms with van der Waals surface area (Å²) in [4.78, 5) is 4.28. The summed E-state index contributed by atoms with van der Waals surface area (Å²) in [7, 11) is 0. The van der Waals surface area contributed by atoms with E-state index < -0.39 is 0 Å². The Kier molecular flexibility index (Phi) is 7.08. The van der Waals surface area contributed by atoms with Gasteiger partial charge >= 0.3 is 0 Å². The van der Waals surface area contributed by atoms with Crippen LogP contribution in [0.1, 0.15) is 20.8 Å². The largest absolute Gasteiger partial charge is 0.383 e. The zero-order chi connectivity index (χ0) is 12.0. The third-order valence-corrected chi connectivity index (χ3v) is 3.48. The van der Waals surface area contributed by atoms with Crippen molar-refractivity contribution in [1.29, 1.82) is 0 Å². The van der Waals surface area contributed by atoms with E-state index in [2.05, 4.69) is 39.5 Å². The minimum atomic E-state index is 0.214. The van der Waals surface area contributed by atoms with Gasteiger partial charge in [0.05, 0.1) is 8.61 Å². The van der Waals surface area contributed by atoms with Crippen molar-refractivity contribution in [3.8, 4) is 0 Å². The number of amidine groups is 1. The number of nitrogens with two attached hydrogens (primary N) is 1. The van der Waals surface area contributed by atoms with Crippen molar-refractivity contribution in [2.75, 3.05) is 6.26 Å². The second kappa shape index (κ2) is 7.16. The average molecular weight is 339 g/mol. The zero-order valence-electron chi connectivity index (χ0n) is 9.60. The molecule has 3 nitrogen and oxygen atoms in total. The third kappa shape index (κ3) is 6.09. The van der Waals surface area contributed by atoms with E-state index in [1.54, 1.807) is 11.8 Å². The van der Waals surface area contributed by atoms with Crippen molar-refractivity contribution in [2.24, 2.45) is 10.7 Å². The topological polar surface area (TPSA) is 50.4 Å². The van der Waals surface area contributed by atoms with E-state index in [0.717, 1.165) is 14.3 Å². The molecule has 0 amide bonds. The van der Waals surface area contributed by atoms with Crippen molar-refractivity contribution in [1.82, 2.24) is 5.32 Å². The molecule has 0 aromatic rings. The Morgan fingerprint density at radius 1 is 1.53 bits per heavy atom. The molecule has 0 aromatic heterocycles. The molecule has 0 saturated carbocycles. The Hall–Kier alpha value is -0.170. The van der Waals surface area contributed by atoms with Gasteiger partial charge in [0, 0.05) is 11.7 Å². The number of hydrogen-bond donors (Lipinski definition) is 2. The predicted molar refractivity (Wildman–Crippen MR) is 79.3 cm³/mol. The predicted octanol–water partition coefficient (Wildman–Crippen LogP) is 2.84. The van der Waals surface area contributed by atoms with Crippen LogP contribution >= 0.6 is 34.4 Å². The van der Waals surface area contributed by atoms with Gasteiger partial charge in [-0.2, -0.15) is 0 Å². The molecule has 0 heterocycles. The van der Waals surface area contributed by atoms with Gasteiger partial charge < -0.3 is 11.1 Å². The lowest BCUT2D eigenvalue weighted by atomic mass is 10.4. The molecule has 0 aliphatic rings. The highest BCUT2D eigenvalue weighted by atomic mass is 127. The lowest BCUT2D eigenvalue weighted by molar-refractivity contribution is 0.834. The fraction of sp³-hybridized carbons (Fsp3) is 0.500. The molecule has 0 atom stereocenters. The van der Waals surface area contributed by atoms with Crippen molar-refractivity contribution in [3.05, 3.63) is 20.9 Å². The summed E-state index contributed by atoms with van der Waals surface area (Å²) in [5.41, 5.74) is 6.83. The number of hydrogen-bond acceptors (Lipinski definition) is 3. The number of thioether (sulfide) groups is 1. The third-order valence-electron chi connectivity index (χ3n) is 1.52. The second-order valence-corrected chi connectivity index (χ2v) is 5.28. The van der Waals surface area contributed by atoms with Crippen LogP contribution in [0.5, 0.6) is 0 Å². The normalized spacial score (nSPS) is 13.9. The van der Waals surface area contributed by atoms with E-state index in [9.17, 15) is 0 Å². The maximum atomic E-state index is 5.84. The van der Waals surface area contributed by atoms with Crippen LogP contribution in [0.2, 0.25) is 0 Å². The number of nitrogens with one attached hydrogen (secondary N) is 1. The molecule has 0 rings (SSSR count). The number of rotatable bonds is 5. The maximum absolute atomic E-state index is 5.84. The highest BCUT2D eigenvalue weighted by Crippen LogP contribution is 2.15. The van der Waals surface area contributed by atoms with Crippen LogP contribution in [-0.2, 0) is 0 Å². The van der Waals surface area contributed by atoms with Gasteiger partial charge in [-0.3, -0.25) is 4.99 Å². The molecule has 0 radical (unpaired) electrons. The Morgan fingerprint density at radius 3 is 2.47 bits per heavy atom. The number of allylic oxidation sites excluding steroid dienone is 1. The van der Waals surface area contributed by atoms with E-state index in [1.165, 1.54) is 0 Å². The number of nitrogens with zero attached hydrogens (tertiary/aromatic N) is 1. The molecule has 0 aromatic carbocycles. The molecule has 0 bridgehead atoms. The Labute approximate surface area is 110 Å². The summed E-state index contributed by atoms with van der Waals surface area (Å²) in [6.07, 6.45) is 1.97. The first-order valence-corrected chi connectivity index (χ1v) is 6.88. The molecule has 5 heteroatoms. The minimum absolute atomic E-state index is 0.214. The molecule has 86 valence electrons. The fourth-order valence-electron chi connectivity index (χ4n) is 0.842. The summed E-state index contributed by atoms with van der Waals surface area (Å²) in [5.74, 6) is 0.574. The summed E-state index contributed by atoms with van der Waals surface area (Å²) in [5, 5.41) is 4.07. The highest BCUT2D eigenvalue weighted by Gasteiger charge is 2.04. The van der Waals surface area contributed by atoms with E-state index >= 15 is 0 Å². The average Bonchev–Trinajstić information content (AvgIpc) is 2.15. The van der Waals surface area contributed by atoms with Gasteiger partial charge in [0.15, 0.2) is 0 Å². The standard InChI is InChI=1S/C10H18IN3S/c1-6(2)13-10(12)9(11)7(3)14-8(4)15-5/h6,14H,4H2,1-3,5H3,(H2,12,13). The van der Waals surface area contributed by atoms with Crippen molar-refractivity contribution in [3.63, 3.8) is 0 Å². The lowest BCUT2D eigenvalue weighted by Crippen LogP contribution is -2.19. The van der Waals surface area contributed by atoms with Crippen LogP contribution in [0.3, 0.4) is 0 Å². The molecule has 15 heavy (non-hydrogen) atoms. The van der Waals surface area contributed by atoms with E-state index in [1.807, 2.05) is 27.0 Å². The van der Waals surface area contributed by atoms with Crippen LogP contribution in [0, 0.1) is 0 Å². The molecule has 3 N–H and O–H groups in total. The second-order valence-electron chi connectivity index (χ2n) is 3.30. The molecular weight excluding hydrogens is 321 g/mol. The van der Waals surface area contributed by atoms with Gasteiger partial charge in [0.2, 0.25) is 0 Å². The van der Waals surface area contributed by atoms with Crippen LogP contribution < -0.4 is 11.1 Å². The number of aliphatic imine (C=N–C) groups is 1. The first-order valence-electron chi connectivity index (χ1n) is 4.58. The van der Waals surface area contributed by atoms with Gasteiger partial charge in [0.1, 0.15) is 5.84 Å². The van der Waals surface area contributed by atoms with Crippen molar-refractivity contribution in [2.45, 2.75) is 26.8 Å². The van der Waals surface area contributed by atoms with Crippen molar-refractivity contribution >= 4 is 40.2 Å². The van der Waals surface area contributed by atoms with Crippen LogP contribution in [0.25, 0.3) is 0 Å². The molecule has 0 saturated heterocycles. The quantitative estimate of drug-likeness (QED) is 0.460. The summed E-state index contributed by atoms with van der Waals surface area (Å²) >= 11 is 3.76. The molecule has 0 fully saturated rings. The van der Waals surface area contributed by atoms with Crippen LogP contribution in [0.4, 0.5) is 0 Å². The Balaban J connectivity index is 4.70. The van der Waals surface area contributed by atoms with Gasteiger partial charge in [-0.05, 0) is 49.6 Å². The molecule has 0 unspecified atom stereocenters. The minimum Gasteiger partial charge on any atom is -0.383 e. The van der Waals surface area contributed by atoms with Gasteiger partial charge in [-0.25, -0.2) is 0 Å². The monoisotopic (exact) mass is 339 g/mol. The zero-order valence-corrected chi connectivity index (χ0v) is 12.6.